The predicted molar refractivity (Wildman–Crippen MR) is 105 cm³/mol. The van der Waals surface area contributed by atoms with Gasteiger partial charge in [0.2, 0.25) is 0 Å². The van der Waals surface area contributed by atoms with Gasteiger partial charge in [0.15, 0.2) is 0 Å². The minimum absolute atomic E-state index is 0.147. The summed E-state index contributed by atoms with van der Waals surface area (Å²) in [4.78, 5) is 28.3. The highest BCUT2D eigenvalue weighted by atomic mass is 16.5. The summed E-state index contributed by atoms with van der Waals surface area (Å²) in [6.07, 6.45) is 2.27. The first-order chi connectivity index (χ1) is 12.6. The zero-order chi connectivity index (χ0) is 19.3. The van der Waals surface area contributed by atoms with Crippen LogP contribution in [-0.2, 0) is 16.0 Å². The van der Waals surface area contributed by atoms with E-state index in [4.69, 9.17) is 4.74 Å². The van der Waals surface area contributed by atoms with Gasteiger partial charge in [-0.1, -0.05) is 27.7 Å². The van der Waals surface area contributed by atoms with E-state index in [0.29, 0.717) is 13.0 Å². The number of fused-ring (bicyclic) bond motifs is 2. The van der Waals surface area contributed by atoms with Crippen molar-refractivity contribution < 1.29 is 9.53 Å². The molecule has 2 aliphatic heterocycles. The lowest BCUT2D eigenvalue weighted by Crippen LogP contribution is -2.41. The number of ether oxygens (including phenoxy) is 1. The van der Waals surface area contributed by atoms with Crippen LogP contribution in [0.5, 0.6) is 0 Å². The van der Waals surface area contributed by atoms with E-state index in [-0.39, 0.29) is 12.0 Å². The highest BCUT2D eigenvalue weighted by Gasteiger charge is 2.35. The van der Waals surface area contributed by atoms with Gasteiger partial charge in [-0.05, 0) is 39.2 Å². The van der Waals surface area contributed by atoms with Crippen LogP contribution in [0.25, 0.3) is 10.9 Å². The lowest BCUT2D eigenvalue weighted by Gasteiger charge is -2.27. The van der Waals surface area contributed by atoms with Gasteiger partial charge in [-0.25, -0.2) is 14.8 Å². The number of aryl methyl sites for hydroxylation is 3. The molecule has 0 radical (unpaired) electrons. The molecule has 1 saturated heterocycles. The van der Waals surface area contributed by atoms with Crippen molar-refractivity contribution >= 4 is 22.7 Å². The largest absolute Gasteiger partial charge is 0.464 e. The Labute approximate surface area is 156 Å². The van der Waals surface area contributed by atoms with Gasteiger partial charge in [0.25, 0.3) is 0 Å². The van der Waals surface area contributed by atoms with E-state index in [0.717, 1.165) is 53.3 Å². The smallest absolute Gasteiger partial charge is 0.328 e. The number of cyclic esters (lactones) is 1. The van der Waals surface area contributed by atoms with Crippen LogP contribution < -0.4 is 4.90 Å². The molecule has 0 aliphatic carbocycles. The first-order valence-electron chi connectivity index (χ1n) is 9.71. The van der Waals surface area contributed by atoms with Gasteiger partial charge >= 0.3 is 5.97 Å². The maximum atomic E-state index is 12.3. The number of carbonyl (C=O) groups excluding carboxylic acids is 1. The molecule has 26 heavy (non-hydrogen) atoms. The molecule has 0 amide bonds. The molecule has 1 fully saturated rings. The fourth-order valence-electron chi connectivity index (χ4n) is 3.44. The quantitative estimate of drug-likeness (QED) is 0.668. The number of rotatable bonds is 0. The Morgan fingerprint density at radius 2 is 1.85 bits per heavy atom. The van der Waals surface area contributed by atoms with Crippen LogP contribution in [0.15, 0.2) is 6.07 Å². The van der Waals surface area contributed by atoms with Gasteiger partial charge in [0, 0.05) is 12.2 Å². The molecular weight excluding hydrogens is 328 g/mol. The van der Waals surface area contributed by atoms with Crippen LogP contribution in [0.2, 0.25) is 0 Å². The second-order valence-electron chi connectivity index (χ2n) is 5.97. The Balaban J connectivity index is 0.000000570. The average molecular weight is 358 g/mol. The van der Waals surface area contributed by atoms with Gasteiger partial charge in [-0.15, -0.1) is 0 Å². The third kappa shape index (κ3) is 3.79. The van der Waals surface area contributed by atoms with Crippen molar-refractivity contribution in [3.8, 4) is 0 Å². The summed E-state index contributed by atoms with van der Waals surface area (Å²) in [5, 5.41) is 0.994. The number of anilines is 1. The third-order valence-electron chi connectivity index (χ3n) is 4.34. The Hall–Kier alpha value is -2.24. The van der Waals surface area contributed by atoms with Gasteiger partial charge in [0.05, 0.1) is 23.2 Å². The summed E-state index contributed by atoms with van der Waals surface area (Å²) < 4.78 is 5.33. The number of esters is 1. The van der Waals surface area contributed by atoms with E-state index in [1.54, 1.807) is 0 Å². The fourth-order valence-corrected chi connectivity index (χ4v) is 3.44. The topological polar surface area (TPSA) is 68.2 Å². The Kier molecular flexibility index (Phi) is 6.89. The van der Waals surface area contributed by atoms with Crippen molar-refractivity contribution in [1.82, 2.24) is 15.0 Å². The minimum Gasteiger partial charge on any atom is -0.464 e. The number of pyridine rings is 1. The molecule has 0 aromatic carbocycles. The van der Waals surface area contributed by atoms with Crippen molar-refractivity contribution in [1.29, 1.82) is 0 Å². The summed E-state index contributed by atoms with van der Waals surface area (Å²) >= 11 is 0. The monoisotopic (exact) mass is 358 g/mol. The number of carbonyl (C=O) groups is 1. The highest BCUT2D eigenvalue weighted by molar-refractivity contribution is 5.95. The number of hydrogen-bond acceptors (Lipinski definition) is 6. The average Bonchev–Trinajstić information content (AvgIpc) is 2.91. The maximum Gasteiger partial charge on any atom is 0.328 e. The van der Waals surface area contributed by atoms with E-state index in [1.165, 1.54) is 0 Å². The van der Waals surface area contributed by atoms with Crippen LogP contribution in [0.4, 0.5) is 5.82 Å². The van der Waals surface area contributed by atoms with Crippen LogP contribution in [0.1, 0.15) is 57.7 Å². The number of hydrogen-bond donors (Lipinski definition) is 0. The van der Waals surface area contributed by atoms with Gasteiger partial charge in [-0.3, -0.25) is 4.98 Å². The van der Waals surface area contributed by atoms with Crippen molar-refractivity contribution in [2.24, 2.45) is 0 Å². The molecule has 6 nitrogen and oxygen atoms in total. The minimum atomic E-state index is -0.269. The standard InChI is InChI=1S/C16H18N4O2.2C2H6/c1-9-8-12-14-11(17-9)4-5-13-16(21)22-7-3-6-20(13)15(14)19-10(2)18-12;2*1-2/h8,13H,3-7H2,1-2H3;2*1-2H3. The van der Waals surface area contributed by atoms with Gasteiger partial charge in [0.1, 0.15) is 17.7 Å². The van der Waals surface area contributed by atoms with Crippen molar-refractivity contribution in [2.75, 3.05) is 18.1 Å². The van der Waals surface area contributed by atoms with E-state index in [2.05, 4.69) is 19.9 Å². The van der Waals surface area contributed by atoms with Crippen LogP contribution >= 0.6 is 0 Å². The predicted octanol–water partition coefficient (Wildman–Crippen LogP) is 3.76. The van der Waals surface area contributed by atoms with E-state index in [1.807, 2.05) is 47.6 Å². The molecule has 1 atom stereocenters. The van der Waals surface area contributed by atoms with Crippen LogP contribution in [-0.4, -0.2) is 40.1 Å². The zero-order valence-corrected chi connectivity index (χ0v) is 16.8. The summed E-state index contributed by atoms with van der Waals surface area (Å²) in [6.45, 7) is 13.1. The molecule has 2 aliphatic rings. The Bertz CT molecular complexity index is 771. The Morgan fingerprint density at radius 3 is 2.58 bits per heavy atom. The second-order valence-corrected chi connectivity index (χ2v) is 5.97. The lowest BCUT2D eigenvalue weighted by atomic mass is 10.1. The number of aromatic nitrogens is 3. The molecular formula is C20H30N4O2. The summed E-state index contributed by atoms with van der Waals surface area (Å²) in [5.41, 5.74) is 2.86. The molecule has 0 spiro atoms. The molecule has 6 heteroatoms. The normalized spacial score (nSPS) is 18.3. The molecule has 0 saturated carbocycles. The molecule has 2 aromatic rings. The first-order valence-corrected chi connectivity index (χ1v) is 9.71. The summed E-state index contributed by atoms with van der Waals surface area (Å²) in [7, 11) is 0. The SMILES string of the molecule is CC.CC.Cc1cc2nc(C)nc3c2c(n1)CCC1C(=O)OCCCN31. The van der Waals surface area contributed by atoms with Crippen molar-refractivity contribution in [3.05, 3.63) is 23.3 Å². The van der Waals surface area contributed by atoms with Crippen molar-refractivity contribution in [2.45, 2.75) is 66.8 Å². The first kappa shape index (κ1) is 20.1. The van der Waals surface area contributed by atoms with Crippen molar-refractivity contribution in [3.63, 3.8) is 0 Å². The van der Waals surface area contributed by atoms with E-state index < -0.39 is 0 Å². The van der Waals surface area contributed by atoms with E-state index >= 15 is 0 Å². The third-order valence-corrected chi connectivity index (χ3v) is 4.34. The molecule has 0 N–H and O–H groups in total. The Morgan fingerprint density at radius 1 is 1.12 bits per heavy atom. The fraction of sp³-hybridized carbons (Fsp3) is 0.600. The lowest BCUT2D eigenvalue weighted by molar-refractivity contribution is -0.144. The van der Waals surface area contributed by atoms with Gasteiger partial charge < -0.3 is 9.64 Å². The van der Waals surface area contributed by atoms with E-state index in [9.17, 15) is 4.79 Å². The highest BCUT2D eigenvalue weighted by Crippen LogP contribution is 2.34. The zero-order valence-electron chi connectivity index (χ0n) is 16.8. The summed E-state index contributed by atoms with van der Waals surface area (Å²) in [6, 6.07) is 1.72. The number of nitrogens with zero attached hydrogens (tertiary/aromatic N) is 4. The molecule has 2 aromatic heterocycles. The van der Waals surface area contributed by atoms with Crippen LogP contribution in [0.3, 0.4) is 0 Å². The molecule has 142 valence electrons. The van der Waals surface area contributed by atoms with Crippen LogP contribution in [0, 0.1) is 13.8 Å². The van der Waals surface area contributed by atoms with Gasteiger partial charge in [-0.2, -0.15) is 0 Å². The maximum absolute atomic E-state index is 12.3. The molecule has 1 unspecified atom stereocenters. The molecule has 0 bridgehead atoms. The summed E-state index contributed by atoms with van der Waals surface area (Å²) in [5.74, 6) is 1.41. The second kappa shape index (κ2) is 8.92. The molecule has 4 heterocycles. The molecule has 4 rings (SSSR count).